The highest BCUT2D eigenvalue weighted by atomic mass is 32.2. The summed E-state index contributed by atoms with van der Waals surface area (Å²) in [6.07, 6.45) is 2.34. The predicted molar refractivity (Wildman–Crippen MR) is 105 cm³/mol. The molecule has 1 saturated heterocycles. The molecule has 2 aromatic rings. The number of hydrogen-bond acceptors (Lipinski definition) is 6. The molecule has 1 aliphatic heterocycles. The van der Waals surface area contributed by atoms with Crippen LogP contribution in [-0.4, -0.2) is 45.2 Å². The van der Waals surface area contributed by atoms with Crippen molar-refractivity contribution in [2.24, 2.45) is 5.92 Å². The number of aromatic nitrogens is 3. The van der Waals surface area contributed by atoms with Crippen molar-refractivity contribution in [3.8, 4) is 10.7 Å². The van der Waals surface area contributed by atoms with E-state index in [1.54, 1.807) is 11.3 Å². The van der Waals surface area contributed by atoms with E-state index in [1.807, 2.05) is 24.4 Å². The summed E-state index contributed by atoms with van der Waals surface area (Å²) in [5.41, 5.74) is 0. The second kappa shape index (κ2) is 9.01. The van der Waals surface area contributed by atoms with E-state index >= 15 is 0 Å². The number of carbonyl (C=O) groups is 1. The fourth-order valence-corrected chi connectivity index (χ4v) is 4.21. The van der Waals surface area contributed by atoms with Crippen molar-refractivity contribution >= 4 is 29.0 Å². The van der Waals surface area contributed by atoms with E-state index in [1.165, 1.54) is 11.8 Å². The van der Waals surface area contributed by atoms with Gasteiger partial charge in [0.25, 0.3) is 0 Å². The Labute approximate surface area is 162 Å². The molecule has 0 aromatic carbocycles. The standard InChI is InChI=1S/C18H26N4O2S2/c1-12(2)13(3)19-16(23)11-26-18-21-20-17(15-7-5-9-25-15)22(18)10-14-6-4-8-24-14/h5,7,9,12-14H,4,6,8,10-11H2,1-3H3,(H,19,23). The third-order valence-corrected chi connectivity index (χ3v) is 6.42. The quantitative estimate of drug-likeness (QED) is 0.695. The molecule has 2 unspecified atom stereocenters. The minimum atomic E-state index is 0.0283. The highest BCUT2D eigenvalue weighted by Gasteiger charge is 2.22. The van der Waals surface area contributed by atoms with Crippen LogP contribution in [0.3, 0.4) is 0 Å². The summed E-state index contributed by atoms with van der Waals surface area (Å²) in [6, 6.07) is 4.22. The molecule has 0 radical (unpaired) electrons. The van der Waals surface area contributed by atoms with E-state index in [0.29, 0.717) is 11.7 Å². The highest BCUT2D eigenvalue weighted by Crippen LogP contribution is 2.29. The summed E-state index contributed by atoms with van der Waals surface area (Å²) in [7, 11) is 0. The van der Waals surface area contributed by atoms with Gasteiger partial charge in [0.15, 0.2) is 11.0 Å². The van der Waals surface area contributed by atoms with E-state index in [2.05, 4.69) is 33.9 Å². The van der Waals surface area contributed by atoms with Gasteiger partial charge in [-0.2, -0.15) is 0 Å². The Kier molecular flexibility index (Phi) is 6.72. The molecule has 3 rings (SSSR count). The van der Waals surface area contributed by atoms with Gasteiger partial charge in [0.1, 0.15) is 0 Å². The normalized spacial score (nSPS) is 18.4. The third-order valence-electron chi connectivity index (χ3n) is 4.59. The Hall–Kier alpha value is -1.38. The number of ether oxygens (including phenoxy) is 1. The number of hydrogen-bond donors (Lipinski definition) is 1. The molecule has 2 aromatic heterocycles. The van der Waals surface area contributed by atoms with Gasteiger partial charge < -0.3 is 10.1 Å². The summed E-state index contributed by atoms with van der Waals surface area (Å²) in [6.45, 7) is 7.78. The molecule has 1 N–H and O–H groups in total. The first-order valence-electron chi connectivity index (χ1n) is 9.05. The number of thioether (sulfide) groups is 1. The fraction of sp³-hybridized carbons (Fsp3) is 0.611. The molecule has 0 saturated carbocycles. The van der Waals surface area contributed by atoms with E-state index < -0.39 is 0 Å². The summed E-state index contributed by atoms with van der Waals surface area (Å²) >= 11 is 3.08. The average molecular weight is 395 g/mol. The Balaban J connectivity index is 1.70. The van der Waals surface area contributed by atoms with Crippen LogP contribution in [0.1, 0.15) is 33.6 Å². The first kappa shape index (κ1) is 19.4. The van der Waals surface area contributed by atoms with E-state index in [0.717, 1.165) is 41.9 Å². The molecule has 142 valence electrons. The van der Waals surface area contributed by atoms with Gasteiger partial charge in [0, 0.05) is 12.6 Å². The van der Waals surface area contributed by atoms with Crippen molar-refractivity contribution in [1.82, 2.24) is 20.1 Å². The lowest BCUT2D eigenvalue weighted by molar-refractivity contribution is -0.119. The lowest BCUT2D eigenvalue weighted by Crippen LogP contribution is -2.37. The van der Waals surface area contributed by atoms with Crippen LogP contribution in [0.4, 0.5) is 0 Å². The molecule has 6 nitrogen and oxygen atoms in total. The highest BCUT2D eigenvalue weighted by molar-refractivity contribution is 7.99. The lowest BCUT2D eigenvalue weighted by Gasteiger charge is -2.17. The van der Waals surface area contributed by atoms with Crippen molar-refractivity contribution in [3.05, 3.63) is 17.5 Å². The number of thiophene rings is 1. The monoisotopic (exact) mass is 394 g/mol. The maximum atomic E-state index is 12.2. The van der Waals surface area contributed by atoms with Crippen LogP contribution in [0.2, 0.25) is 0 Å². The minimum absolute atomic E-state index is 0.0283. The van der Waals surface area contributed by atoms with Gasteiger partial charge in [0.2, 0.25) is 5.91 Å². The number of nitrogens with one attached hydrogen (secondary N) is 1. The third kappa shape index (κ3) is 4.86. The van der Waals surface area contributed by atoms with Crippen LogP contribution in [0.25, 0.3) is 10.7 Å². The van der Waals surface area contributed by atoms with Crippen molar-refractivity contribution in [3.63, 3.8) is 0 Å². The van der Waals surface area contributed by atoms with Gasteiger partial charge in [-0.05, 0) is 37.1 Å². The molecular formula is C18H26N4O2S2. The molecule has 2 atom stereocenters. The van der Waals surface area contributed by atoms with Crippen molar-refractivity contribution in [1.29, 1.82) is 0 Å². The molecular weight excluding hydrogens is 368 g/mol. The molecule has 0 aliphatic carbocycles. The van der Waals surface area contributed by atoms with Gasteiger partial charge in [-0.25, -0.2) is 0 Å². The van der Waals surface area contributed by atoms with Gasteiger partial charge in [-0.3, -0.25) is 9.36 Å². The van der Waals surface area contributed by atoms with Crippen molar-refractivity contribution < 1.29 is 9.53 Å². The number of nitrogens with zero attached hydrogens (tertiary/aromatic N) is 3. The summed E-state index contributed by atoms with van der Waals surface area (Å²) in [4.78, 5) is 13.3. The number of amides is 1. The number of rotatable bonds is 8. The summed E-state index contributed by atoms with van der Waals surface area (Å²) < 4.78 is 7.90. The van der Waals surface area contributed by atoms with Crippen molar-refractivity contribution in [2.75, 3.05) is 12.4 Å². The second-order valence-electron chi connectivity index (χ2n) is 6.92. The fourth-order valence-electron chi connectivity index (χ4n) is 2.73. The topological polar surface area (TPSA) is 69.0 Å². The van der Waals surface area contributed by atoms with Crippen LogP contribution < -0.4 is 5.32 Å². The molecule has 1 aliphatic rings. The summed E-state index contributed by atoms with van der Waals surface area (Å²) in [5, 5.41) is 14.6. The first-order valence-corrected chi connectivity index (χ1v) is 10.9. The SMILES string of the molecule is CC(C)C(C)NC(=O)CSc1nnc(-c2cccs2)n1CC1CCCO1. The van der Waals surface area contributed by atoms with Crippen LogP contribution in [-0.2, 0) is 16.1 Å². The Bertz CT molecular complexity index is 709. The average Bonchev–Trinajstić information content (AvgIpc) is 3.35. The van der Waals surface area contributed by atoms with Gasteiger partial charge in [-0.1, -0.05) is 31.7 Å². The van der Waals surface area contributed by atoms with Gasteiger partial charge >= 0.3 is 0 Å². The zero-order chi connectivity index (χ0) is 18.5. The van der Waals surface area contributed by atoms with Crippen LogP contribution in [0.5, 0.6) is 0 Å². The molecule has 1 fully saturated rings. The molecule has 26 heavy (non-hydrogen) atoms. The maximum absolute atomic E-state index is 12.2. The molecule has 0 spiro atoms. The van der Waals surface area contributed by atoms with Gasteiger partial charge in [0.05, 0.1) is 23.3 Å². The summed E-state index contributed by atoms with van der Waals surface area (Å²) in [5.74, 6) is 1.64. The number of carbonyl (C=O) groups excluding carboxylic acids is 1. The smallest absolute Gasteiger partial charge is 0.230 e. The Morgan fingerprint density at radius 1 is 1.46 bits per heavy atom. The van der Waals surface area contributed by atoms with E-state index in [4.69, 9.17) is 4.74 Å². The largest absolute Gasteiger partial charge is 0.376 e. The van der Waals surface area contributed by atoms with Crippen LogP contribution in [0, 0.1) is 5.92 Å². The van der Waals surface area contributed by atoms with Gasteiger partial charge in [-0.15, -0.1) is 21.5 Å². The molecule has 3 heterocycles. The van der Waals surface area contributed by atoms with Crippen LogP contribution >= 0.6 is 23.1 Å². The zero-order valence-electron chi connectivity index (χ0n) is 15.5. The molecule has 0 bridgehead atoms. The molecule has 1 amide bonds. The van der Waals surface area contributed by atoms with Crippen molar-refractivity contribution in [2.45, 2.75) is 57.5 Å². The molecule has 8 heteroatoms. The first-order chi connectivity index (χ1) is 12.5. The second-order valence-corrected chi connectivity index (χ2v) is 8.81. The van der Waals surface area contributed by atoms with Crippen LogP contribution in [0.15, 0.2) is 22.7 Å². The van der Waals surface area contributed by atoms with E-state index in [-0.39, 0.29) is 18.1 Å². The zero-order valence-corrected chi connectivity index (χ0v) is 17.1. The lowest BCUT2D eigenvalue weighted by atomic mass is 10.1. The van der Waals surface area contributed by atoms with E-state index in [9.17, 15) is 4.79 Å². The Morgan fingerprint density at radius 3 is 2.96 bits per heavy atom. The minimum Gasteiger partial charge on any atom is -0.376 e. The maximum Gasteiger partial charge on any atom is 0.230 e. The predicted octanol–water partition coefficient (Wildman–Crippen LogP) is 3.44. The Morgan fingerprint density at radius 2 is 2.31 bits per heavy atom.